The number of benzene rings is 2. The van der Waals surface area contributed by atoms with Crippen molar-refractivity contribution in [1.82, 2.24) is 5.32 Å². The van der Waals surface area contributed by atoms with E-state index in [1.54, 1.807) is 0 Å². The largest absolute Gasteiger partial charge is 0.493 e. The van der Waals surface area contributed by atoms with E-state index in [-0.39, 0.29) is 0 Å². The minimum absolute atomic E-state index is 0.537. The second kappa shape index (κ2) is 6.77. The highest BCUT2D eigenvalue weighted by molar-refractivity contribution is 5.87. The smallest absolute Gasteiger partial charge is 0.124 e. The molecule has 0 aliphatic rings. The second-order valence-corrected chi connectivity index (χ2v) is 4.40. The lowest BCUT2D eigenvalue weighted by Crippen LogP contribution is -2.08. The molecule has 1 N–H and O–H groups in total. The summed E-state index contributed by atoms with van der Waals surface area (Å²) in [5.74, 6) is 0.908. The van der Waals surface area contributed by atoms with Gasteiger partial charge in [-0.25, -0.2) is 0 Å². The normalized spacial score (nSPS) is 10.3. The van der Waals surface area contributed by atoms with Gasteiger partial charge in [0.25, 0.3) is 0 Å². The Bertz CT molecular complexity index is 587. The van der Waals surface area contributed by atoms with E-state index in [1.165, 1.54) is 16.3 Å². The van der Waals surface area contributed by atoms with Crippen LogP contribution in [0.1, 0.15) is 18.4 Å². The van der Waals surface area contributed by atoms with Crippen LogP contribution in [0.2, 0.25) is 0 Å². The van der Waals surface area contributed by atoms with Crippen LogP contribution in [0.4, 0.5) is 0 Å². The first-order valence-electron chi connectivity index (χ1n) is 6.52. The molecule has 98 valence electrons. The van der Waals surface area contributed by atoms with Gasteiger partial charge < -0.3 is 10.1 Å². The molecule has 0 atom stereocenters. The maximum absolute atomic E-state index is 8.53. The Kier molecular flexibility index (Phi) is 4.77. The van der Waals surface area contributed by atoms with Crippen molar-refractivity contribution < 1.29 is 4.74 Å². The Balaban J connectivity index is 2.27. The van der Waals surface area contributed by atoms with Gasteiger partial charge in [0, 0.05) is 18.5 Å². The fraction of sp³-hybridized carbons (Fsp3) is 0.312. The summed E-state index contributed by atoms with van der Waals surface area (Å²) in [5.41, 5.74) is 1.18. The average molecular weight is 254 g/mol. The van der Waals surface area contributed by atoms with E-state index in [1.807, 2.05) is 25.2 Å². The van der Waals surface area contributed by atoms with Gasteiger partial charge >= 0.3 is 0 Å². The van der Waals surface area contributed by atoms with Crippen molar-refractivity contribution in [3.05, 3.63) is 42.0 Å². The SMILES string of the molecule is CNCc1c(OCCCC#N)ccc2ccccc12. The number of nitriles is 1. The monoisotopic (exact) mass is 254 g/mol. The fourth-order valence-electron chi connectivity index (χ4n) is 2.14. The van der Waals surface area contributed by atoms with Gasteiger partial charge in [-0.1, -0.05) is 30.3 Å². The molecule has 0 heterocycles. The molecule has 0 saturated carbocycles. The van der Waals surface area contributed by atoms with Crippen LogP contribution in [0.25, 0.3) is 10.8 Å². The van der Waals surface area contributed by atoms with Gasteiger partial charge in [0.2, 0.25) is 0 Å². The number of hydrogen-bond acceptors (Lipinski definition) is 3. The summed E-state index contributed by atoms with van der Waals surface area (Å²) in [6.45, 7) is 1.36. The van der Waals surface area contributed by atoms with Crippen LogP contribution in [-0.2, 0) is 6.54 Å². The summed E-state index contributed by atoms with van der Waals surface area (Å²) in [4.78, 5) is 0. The van der Waals surface area contributed by atoms with Gasteiger partial charge in [-0.2, -0.15) is 5.26 Å². The molecule has 19 heavy (non-hydrogen) atoms. The summed E-state index contributed by atoms with van der Waals surface area (Å²) in [6.07, 6.45) is 1.30. The highest BCUT2D eigenvalue weighted by Gasteiger charge is 2.07. The van der Waals surface area contributed by atoms with Crippen molar-refractivity contribution in [2.24, 2.45) is 0 Å². The number of ether oxygens (including phenoxy) is 1. The molecule has 0 radical (unpaired) electrons. The number of nitrogens with zero attached hydrogens (tertiary/aromatic N) is 1. The van der Waals surface area contributed by atoms with Crippen molar-refractivity contribution in [3.8, 4) is 11.8 Å². The zero-order chi connectivity index (χ0) is 13.5. The molecule has 0 aromatic heterocycles. The number of nitrogens with one attached hydrogen (secondary N) is 1. The summed E-state index contributed by atoms with van der Waals surface area (Å²) in [6, 6.07) is 14.5. The summed E-state index contributed by atoms with van der Waals surface area (Å²) < 4.78 is 5.81. The van der Waals surface area contributed by atoms with Crippen LogP contribution in [-0.4, -0.2) is 13.7 Å². The van der Waals surface area contributed by atoms with Gasteiger partial charge in [0.1, 0.15) is 5.75 Å². The van der Waals surface area contributed by atoms with Crippen molar-refractivity contribution in [1.29, 1.82) is 5.26 Å². The van der Waals surface area contributed by atoms with E-state index in [0.29, 0.717) is 13.0 Å². The average Bonchev–Trinajstić information content (AvgIpc) is 2.45. The molecule has 0 bridgehead atoms. The Hall–Kier alpha value is -2.05. The van der Waals surface area contributed by atoms with Crippen molar-refractivity contribution in [3.63, 3.8) is 0 Å². The van der Waals surface area contributed by atoms with Gasteiger partial charge in [-0.3, -0.25) is 0 Å². The first kappa shape index (κ1) is 13.4. The summed E-state index contributed by atoms with van der Waals surface area (Å²) >= 11 is 0. The number of rotatable bonds is 6. The second-order valence-electron chi connectivity index (χ2n) is 4.40. The predicted molar refractivity (Wildman–Crippen MR) is 77.1 cm³/mol. The van der Waals surface area contributed by atoms with Crippen LogP contribution >= 0.6 is 0 Å². The lowest BCUT2D eigenvalue weighted by molar-refractivity contribution is 0.309. The molecule has 0 aliphatic heterocycles. The molecular formula is C16H18N2O. The van der Waals surface area contributed by atoms with Crippen LogP contribution in [0, 0.1) is 11.3 Å². The number of hydrogen-bond donors (Lipinski definition) is 1. The van der Waals surface area contributed by atoms with E-state index >= 15 is 0 Å². The maximum atomic E-state index is 8.53. The van der Waals surface area contributed by atoms with Gasteiger partial charge in [-0.15, -0.1) is 0 Å². The first-order valence-corrected chi connectivity index (χ1v) is 6.52. The maximum Gasteiger partial charge on any atom is 0.124 e. The third kappa shape index (κ3) is 3.24. The minimum Gasteiger partial charge on any atom is -0.493 e. The molecule has 0 saturated heterocycles. The number of fused-ring (bicyclic) bond motifs is 1. The molecule has 2 aromatic rings. The third-order valence-corrected chi connectivity index (χ3v) is 3.04. The molecule has 0 spiro atoms. The van der Waals surface area contributed by atoms with E-state index < -0.39 is 0 Å². The Morgan fingerprint density at radius 3 is 2.84 bits per heavy atom. The minimum atomic E-state index is 0.537. The Labute approximate surface area is 113 Å². The van der Waals surface area contributed by atoms with Crippen LogP contribution in [0.3, 0.4) is 0 Å². The summed E-state index contributed by atoms with van der Waals surface area (Å²) in [5, 5.41) is 14.2. The van der Waals surface area contributed by atoms with E-state index in [2.05, 4.69) is 29.6 Å². The highest BCUT2D eigenvalue weighted by atomic mass is 16.5. The quantitative estimate of drug-likeness (QED) is 0.805. The number of unbranched alkanes of at least 4 members (excludes halogenated alkanes) is 1. The lowest BCUT2D eigenvalue weighted by Gasteiger charge is -2.13. The predicted octanol–water partition coefficient (Wildman–Crippen LogP) is 3.24. The molecular weight excluding hydrogens is 236 g/mol. The lowest BCUT2D eigenvalue weighted by atomic mass is 10.0. The molecule has 0 fully saturated rings. The van der Waals surface area contributed by atoms with Crippen molar-refractivity contribution in [2.75, 3.05) is 13.7 Å². The molecule has 0 unspecified atom stereocenters. The topological polar surface area (TPSA) is 45.0 Å². The van der Waals surface area contributed by atoms with Crippen molar-refractivity contribution in [2.45, 2.75) is 19.4 Å². The standard InChI is InChI=1S/C16H18N2O/c1-18-12-15-14-7-3-2-6-13(14)8-9-16(15)19-11-5-4-10-17/h2-3,6-9,18H,4-5,11-12H2,1H3. The van der Waals surface area contributed by atoms with E-state index in [0.717, 1.165) is 18.7 Å². The fourth-order valence-corrected chi connectivity index (χ4v) is 2.14. The zero-order valence-corrected chi connectivity index (χ0v) is 11.1. The van der Waals surface area contributed by atoms with Crippen LogP contribution in [0.5, 0.6) is 5.75 Å². The first-order chi connectivity index (χ1) is 9.36. The molecule has 3 heteroatoms. The molecule has 3 nitrogen and oxygen atoms in total. The Morgan fingerprint density at radius 2 is 2.05 bits per heavy atom. The highest BCUT2D eigenvalue weighted by Crippen LogP contribution is 2.28. The van der Waals surface area contributed by atoms with E-state index in [9.17, 15) is 0 Å². The zero-order valence-electron chi connectivity index (χ0n) is 11.1. The van der Waals surface area contributed by atoms with Crippen LogP contribution in [0.15, 0.2) is 36.4 Å². The molecule has 0 amide bonds. The Morgan fingerprint density at radius 1 is 1.21 bits per heavy atom. The van der Waals surface area contributed by atoms with Gasteiger partial charge in [0.05, 0.1) is 12.7 Å². The van der Waals surface area contributed by atoms with Gasteiger partial charge in [-0.05, 0) is 30.3 Å². The van der Waals surface area contributed by atoms with E-state index in [4.69, 9.17) is 10.00 Å². The molecule has 0 aliphatic carbocycles. The van der Waals surface area contributed by atoms with Crippen LogP contribution < -0.4 is 10.1 Å². The van der Waals surface area contributed by atoms with Gasteiger partial charge in [0.15, 0.2) is 0 Å². The molecule has 2 rings (SSSR count). The van der Waals surface area contributed by atoms with Crippen molar-refractivity contribution >= 4 is 10.8 Å². The molecule has 2 aromatic carbocycles. The summed E-state index contributed by atoms with van der Waals surface area (Å²) in [7, 11) is 1.93. The third-order valence-electron chi connectivity index (χ3n) is 3.04.